The van der Waals surface area contributed by atoms with E-state index >= 15 is 0 Å². The lowest BCUT2D eigenvalue weighted by Gasteiger charge is -2.24. The molecule has 2 heteroatoms. The molecule has 1 unspecified atom stereocenters. The molecule has 0 fully saturated rings. The molecule has 1 heterocycles. The summed E-state index contributed by atoms with van der Waals surface area (Å²) in [4.78, 5) is 12.3. The van der Waals surface area contributed by atoms with E-state index in [2.05, 4.69) is 24.3 Å². The maximum absolute atomic E-state index is 12.3. The summed E-state index contributed by atoms with van der Waals surface area (Å²) in [5.74, 6) is 0.998. The summed E-state index contributed by atoms with van der Waals surface area (Å²) >= 11 is 0. The number of hydrogen-bond acceptors (Lipinski definition) is 2. The van der Waals surface area contributed by atoms with Crippen LogP contribution in [-0.2, 0) is 6.42 Å². The highest BCUT2D eigenvalue weighted by Crippen LogP contribution is 2.36. The summed E-state index contributed by atoms with van der Waals surface area (Å²) in [6.07, 6.45) is 3.29. The smallest absolute Gasteiger partial charge is 0.192 e. The van der Waals surface area contributed by atoms with Crippen molar-refractivity contribution in [1.82, 2.24) is 0 Å². The standard InChI is InChI=1S/C19H16O2/c20-17-12-19(21-18-11-4-3-9-16(17)18)15-10-5-7-13-6-1-2-8-14(13)15/h1-4,6,8-9,11-12,15H,5,7,10H2. The lowest BCUT2D eigenvalue weighted by Crippen LogP contribution is -2.13. The Bertz CT molecular complexity index is 861. The molecule has 0 amide bonds. The second kappa shape index (κ2) is 4.88. The first-order valence-corrected chi connectivity index (χ1v) is 7.43. The van der Waals surface area contributed by atoms with Crippen LogP contribution < -0.4 is 5.43 Å². The summed E-state index contributed by atoms with van der Waals surface area (Å²) in [5.41, 5.74) is 3.42. The lowest BCUT2D eigenvalue weighted by atomic mass is 9.81. The average Bonchev–Trinajstić information content (AvgIpc) is 2.54. The molecule has 4 rings (SSSR count). The number of para-hydroxylation sites is 1. The van der Waals surface area contributed by atoms with Crippen LogP contribution in [0.4, 0.5) is 0 Å². The van der Waals surface area contributed by atoms with Crippen molar-refractivity contribution in [3.05, 3.63) is 81.7 Å². The molecular formula is C19H16O2. The second-order valence-corrected chi connectivity index (χ2v) is 5.65. The maximum atomic E-state index is 12.3. The molecule has 21 heavy (non-hydrogen) atoms. The predicted molar refractivity (Wildman–Crippen MR) is 83.7 cm³/mol. The molecule has 1 aliphatic rings. The molecule has 2 nitrogen and oxygen atoms in total. The van der Waals surface area contributed by atoms with Gasteiger partial charge in [-0.2, -0.15) is 0 Å². The van der Waals surface area contributed by atoms with Gasteiger partial charge in [-0.1, -0.05) is 36.4 Å². The molecule has 0 saturated heterocycles. The van der Waals surface area contributed by atoms with Gasteiger partial charge in [-0.3, -0.25) is 4.79 Å². The van der Waals surface area contributed by atoms with Crippen LogP contribution in [0.3, 0.4) is 0 Å². The summed E-state index contributed by atoms with van der Waals surface area (Å²) in [7, 11) is 0. The quantitative estimate of drug-likeness (QED) is 0.664. The molecule has 0 radical (unpaired) electrons. The van der Waals surface area contributed by atoms with Crippen molar-refractivity contribution in [1.29, 1.82) is 0 Å². The number of rotatable bonds is 1. The minimum atomic E-state index is 0.0508. The minimum absolute atomic E-state index is 0.0508. The number of hydrogen-bond donors (Lipinski definition) is 0. The largest absolute Gasteiger partial charge is 0.460 e. The Labute approximate surface area is 123 Å². The number of aryl methyl sites for hydroxylation is 1. The van der Waals surface area contributed by atoms with Crippen molar-refractivity contribution in [2.75, 3.05) is 0 Å². The van der Waals surface area contributed by atoms with Gasteiger partial charge in [0.15, 0.2) is 5.43 Å². The number of fused-ring (bicyclic) bond motifs is 2. The molecule has 0 N–H and O–H groups in total. The SMILES string of the molecule is O=c1cc(C2CCCc3ccccc32)oc2ccccc12. The third-order valence-corrected chi connectivity index (χ3v) is 4.37. The van der Waals surface area contributed by atoms with Crippen LogP contribution in [0, 0.1) is 0 Å². The third kappa shape index (κ3) is 2.07. The highest BCUT2D eigenvalue weighted by atomic mass is 16.3. The summed E-state index contributed by atoms with van der Waals surface area (Å²) in [6.45, 7) is 0. The molecule has 1 atom stereocenters. The minimum Gasteiger partial charge on any atom is -0.460 e. The summed E-state index contributed by atoms with van der Waals surface area (Å²) in [5, 5.41) is 0.658. The highest BCUT2D eigenvalue weighted by Gasteiger charge is 2.24. The first kappa shape index (κ1) is 12.4. The van der Waals surface area contributed by atoms with Crippen molar-refractivity contribution < 1.29 is 4.42 Å². The van der Waals surface area contributed by atoms with E-state index < -0.39 is 0 Å². The van der Waals surface area contributed by atoms with E-state index in [-0.39, 0.29) is 11.3 Å². The Morgan fingerprint density at radius 3 is 2.76 bits per heavy atom. The van der Waals surface area contributed by atoms with E-state index in [0.717, 1.165) is 25.0 Å². The average molecular weight is 276 g/mol. The van der Waals surface area contributed by atoms with E-state index in [1.165, 1.54) is 11.1 Å². The van der Waals surface area contributed by atoms with E-state index in [0.29, 0.717) is 11.0 Å². The van der Waals surface area contributed by atoms with Gasteiger partial charge < -0.3 is 4.42 Å². The molecule has 0 saturated carbocycles. The van der Waals surface area contributed by atoms with Crippen LogP contribution in [0.15, 0.2) is 63.8 Å². The predicted octanol–water partition coefficient (Wildman–Crippen LogP) is 4.26. The molecule has 3 aromatic rings. The first-order chi connectivity index (χ1) is 10.3. The Kier molecular flexibility index (Phi) is 2.88. The van der Waals surface area contributed by atoms with E-state index in [1.807, 2.05) is 24.3 Å². The van der Waals surface area contributed by atoms with Gasteiger partial charge in [0.05, 0.1) is 5.39 Å². The van der Waals surface area contributed by atoms with Gasteiger partial charge in [-0.25, -0.2) is 0 Å². The van der Waals surface area contributed by atoms with Crippen LogP contribution in [-0.4, -0.2) is 0 Å². The van der Waals surface area contributed by atoms with E-state index in [4.69, 9.17) is 4.42 Å². The maximum Gasteiger partial charge on any atom is 0.192 e. The Morgan fingerprint density at radius 2 is 1.81 bits per heavy atom. The van der Waals surface area contributed by atoms with Gasteiger partial charge in [-0.15, -0.1) is 0 Å². The molecular weight excluding hydrogens is 260 g/mol. The Balaban J connectivity index is 1.90. The molecule has 0 bridgehead atoms. The van der Waals surface area contributed by atoms with Crippen molar-refractivity contribution in [3.8, 4) is 0 Å². The fourth-order valence-corrected chi connectivity index (χ4v) is 3.34. The monoisotopic (exact) mass is 276 g/mol. The molecule has 0 aliphatic heterocycles. The molecule has 0 spiro atoms. The van der Waals surface area contributed by atoms with Gasteiger partial charge >= 0.3 is 0 Å². The summed E-state index contributed by atoms with van der Waals surface area (Å²) < 4.78 is 6.04. The van der Waals surface area contributed by atoms with Crippen molar-refractivity contribution in [3.63, 3.8) is 0 Å². The summed E-state index contributed by atoms with van der Waals surface area (Å²) in [6, 6.07) is 17.6. The number of benzene rings is 2. The molecule has 2 aromatic carbocycles. The van der Waals surface area contributed by atoms with Gasteiger partial charge in [0.1, 0.15) is 11.3 Å². The van der Waals surface area contributed by atoms with E-state index in [1.54, 1.807) is 6.07 Å². The highest BCUT2D eigenvalue weighted by molar-refractivity contribution is 5.76. The topological polar surface area (TPSA) is 30.2 Å². The van der Waals surface area contributed by atoms with Gasteiger partial charge in [0.25, 0.3) is 0 Å². The van der Waals surface area contributed by atoms with Crippen LogP contribution in [0.1, 0.15) is 35.6 Å². The Morgan fingerprint density at radius 1 is 1.00 bits per heavy atom. The Hall–Kier alpha value is -2.35. The zero-order valence-corrected chi connectivity index (χ0v) is 11.7. The van der Waals surface area contributed by atoms with E-state index in [9.17, 15) is 4.79 Å². The van der Waals surface area contributed by atoms with Crippen molar-refractivity contribution in [2.45, 2.75) is 25.2 Å². The normalized spacial score (nSPS) is 17.6. The van der Waals surface area contributed by atoms with Gasteiger partial charge in [0.2, 0.25) is 0 Å². The van der Waals surface area contributed by atoms with Gasteiger partial charge in [0, 0.05) is 12.0 Å². The third-order valence-electron chi connectivity index (χ3n) is 4.37. The fourth-order valence-electron chi connectivity index (χ4n) is 3.34. The molecule has 104 valence electrons. The van der Waals surface area contributed by atoms with Crippen LogP contribution in [0.5, 0.6) is 0 Å². The first-order valence-electron chi connectivity index (χ1n) is 7.43. The van der Waals surface area contributed by atoms with Crippen LogP contribution >= 0.6 is 0 Å². The lowest BCUT2D eigenvalue weighted by molar-refractivity contribution is 0.472. The van der Waals surface area contributed by atoms with Crippen LogP contribution in [0.2, 0.25) is 0 Å². The van der Waals surface area contributed by atoms with Crippen molar-refractivity contribution >= 4 is 11.0 Å². The molecule has 1 aliphatic carbocycles. The van der Waals surface area contributed by atoms with Crippen LogP contribution in [0.25, 0.3) is 11.0 Å². The molecule has 1 aromatic heterocycles. The fraction of sp³-hybridized carbons (Fsp3) is 0.211. The zero-order chi connectivity index (χ0) is 14.2. The second-order valence-electron chi connectivity index (χ2n) is 5.65. The van der Waals surface area contributed by atoms with Gasteiger partial charge in [-0.05, 0) is 42.5 Å². The zero-order valence-electron chi connectivity index (χ0n) is 11.7. The van der Waals surface area contributed by atoms with Crippen molar-refractivity contribution in [2.24, 2.45) is 0 Å².